The van der Waals surface area contributed by atoms with E-state index in [0.29, 0.717) is 31.1 Å². The summed E-state index contributed by atoms with van der Waals surface area (Å²) in [6.07, 6.45) is 3.63. The monoisotopic (exact) mass is 369 g/mol. The Hall–Kier alpha value is -3.09. The Kier molecular flexibility index (Phi) is 5.90. The smallest absolute Gasteiger partial charge is 0.225 e. The molecule has 0 bridgehead atoms. The van der Waals surface area contributed by atoms with Crippen LogP contribution in [-0.2, 0) is 22.7 Å². The summed E-state index contributed by atoms with van der Waals surface area (Å²) in [7, 11) is 3.15. The molecule has 27 heavy (non-hydrogen) atoms. The maximum atomic E-state index is 12.5. The number of nitrogens with one attached hydrogen (secondary N) is 1. The van der Waals surface area contributed by atoms with Crippen molar-refractivity contribution < 1.29 is 19.1 Å². The summed E-state index contributed by atoms with van der Waals surface area (Å²) in [4.78, 5) is 30.4. The van der Waals surface area contributed by atoms with Crippen molar-refractivity contribution in [1.82, 2.24) is 15.2 Å². The molecule has 7 heteroatoms. The molecular formula is C20H23N3O4. The molecule has 7 nitrogen and oxygen atoms in total. The normalized spacial score (nSPS) is 16.3. The summed E-state index contributed by atoms with van der Waals surface area (Å²) < 4.78 is 10.5. The van der Waals surface area contributed by atoms with E-state index < -0.39 is 0 Å². The predicted molar refractivity (Wildman–Crippen MR) is 99.2 cm³/mol. The second-order valence-electron chi connectivity index (χ2n) is 6.44. The third kappa shape index (κ3) is 4.55. The molecule has 0 radical (unpaired) electrons. The Morgan fingerprint density at radius 1 is 1.15 bits per heavy atom. The highest BCUT2D eigenvalue weighted by molar-refractivity contribution is 5.89. The minimum absolute atomic E-state index is 0.00178. The molecule has 142 valence electrons. The van der Waals surface area contributed by atoms with Gasteiger partial charge in [0, 0.05) is 38.4 Å². The third-order valence-electron chi connectivity index (χ3n) is 4.62. The number of hydrogen-bond acceptors (Lipinski definition) is 5. The molecule has 2 amide bonds. The fourth-order valence-corrected chi connectivity index (χ4v) is 3.13. The number of amides is 2. The molecule has 2 heterocycles. The molecule has 1 aromatic carbocycles. The van der Waals surface area contributed by atoms with Gasteiger partial charge in [0.2, 0.25) is 11.8 Å². The summed E-state index contributed by atoms with van der Waals surface area (Å²) in [5.41, 5.74) is 1.91. The first-order chi connectivity index (χ1) is 13.1. The minimum atomic E-state index is -0.334. The van der Waals surface area contributed by atoms with Crippen molar-refractivity contribution in [3.05, 3.63) is 53.9 Å². The van der Waals surface area contributed by atoms with E-state index in [1.54, 1.807) is 37.6 Å². The maximum absolute atomic E-state index is 12.5. The van der Waals surface area contributed by atoms with Crippen LogP contribution in [0.4, 0.5) is 0 Å². The van der Waals surface area contributed by atoms with Crippen LogP contribution in [0.25, 0.3) is 0 Å². The van der Waals surface area contributed by atoms with Crippen molar-refractivity contribution in [2.24, 2.45) is 5.92 Å². The number of aromatic nitrogens is 1. The number of ether oxygens (including phenoxy) is 2. The van der Waals surface area contributed by atoms with Gasteiger partial charge in [0.1, 0.15) is 0 Å². The van der Waals surface area contributed by atoms with E-state index in [0.717, 1.165) is 11.1 Å². The second-order valence-corrected chi connectivity index (χ2v) is 6.44. The van der Waals surface area contributed by atoms with Crippen molar-refractivity contribution in [3.63, 3.8) is 0 Å². The summed E-state index contributed by atoms with van der Waals surface area (Å²) in [5.74, 6) is 0.803. The number of benzene rings is 1. The zero-order chi connectivity index (χ0) is 19.2. The lowest BCUT2D eigenvalue weighted by Gasteiger charge is -2.16. The summed E-state index contributed by atoms with van der Waals surface area (Å²) in [6, 6.07) is 9.25. The molecule has 1 aliphatic heterocycles. The fourth-order valence-electron chi connectivity index (χ4n) is 3.13. The lowest BCUT2D eigenvalue weighted by molar-refractivity contribution is -0.129. The molecule has 1 unspecified atom stereocenters. The molecular weight excluding hydrogens is 346 g/mol. The Labute approximate surface area is 158 Å². The van der Waals surface area contributed by atoms with Crippen molar-refractivity contribution >= 4 is 11.8 Å². The highest BCUT2D eigenvalue weighted by Crippen LogP contribution is 2.27. The van der Waals surface area contributed by atoms with Gasteiger partial charge < -0.3 is 19.7 Å². The zero-order valence-corrected chi connectivity index (χ0v) is 15.5. The molecule has 1 saturated heterocycles. The van der Waals surface area contributed by atoms with Crippen molar-refractivity contribution in [1.29, 1.82) is 0 Å². The molecule has 1 atom stereocenters. The molecule has 0 saturated carbocycles. The molecule has 1 fully saturated rings. The van der Waals surface area contributed by atoms with Gasteiger partial charge in [-0.25, -0.2) is 0 Å². The van der Waals surface area contributed by atoms with Gasteiger partial charge in [0.15, 0.2) is 11.5 Å². The van der Waals surface area contributed by atoms with Gasteiger partial charge in [-0.15, -0.1) is 0 Å². The minimum Gasteiger partial charge on any atom is -0.493 e. The number of rotatable bonds is 7. The van der Waals surface area contributed by atoms with E-state index in [9.17, 15) is 9.59 Å². The van der Waals surface area contributed by atoms with Crippen LogP contribution < -0.4 is 14.8 Å². The molecule has 1 aliphatic rings. The van der Waals surface area contributed by atoms with Crippen LogP contribution in [0.2, 0.25) is 0 Å². The second kappa shape index (κ2) is 8.53. The number of hydrogen-bond donors (Lipinski definition) is 1. The Balaban J connectivity index is 1.55. The van der Waals surface area contributed by atoms with Gasteiger partial charge in [-0.2, -0.15) is 0 Å². The molecule has 0 spiro atoms. The van der Waals surface area contributed by atoms with E-state index in [1.165, 1.54) is 0 Å². The standard InChI is InChI=1S/C20H23N3O4/c1-26-17-4-3-15(9-18(17)27-2)11-22-20(25)16-10-19(24)23(13-16)12-14-5-7-21-8-6-14/h3-9,16H,10-13H2,1-2H3,(H,22,25). The SMILES string of the molecule is COc1ccc(CNC(=O)C2CC(=O)N(Cc3ccncc3)C2)cc1OC. The van der Waals surface area contributed by atoms with E-state index in [4.69, 9.17) is 9.47 Å². The molecule has 1 N–H and O–H groups in total. The van der Waals surface area contributed by atoms with Crippen LogP contribution >= 0.6 is 0 Å². The number of methoxy groups -OCH3 is 2. The summed E-state index contributed by atoms with van der Waals surface area (Å²) in [5, 5.41) is 2.91. The van der Waals surface area contributed by atoms with E-state index in [1.807, 2.05) is 24.3 Å². The van der Waals surface area contributed by atoms with Crippen LogP contribution in [0.1, 0.15) is 17.5 Å². The predicted octanol–water partition coefficient (Wildman–Crippen LogP) is 1.76. The van der Waals surface area contributed by atoms with Gasteiger partial charge in [0.25, 0.3) is 0 Å². The third-order valence-corrected chi connectivity index (χ3v) is 4.62. The Bertz CT molecular complexity index is 810. The van der Waals surface area contributed by atoms with E-state index >= 15 is 0 Å². The molecule has 2 aromatic rings. The average Bonchev–Trinajstić information content (AvgIpc) is 3.07. The van der Waals surface area contributed by atoms with Crippen molar-refractivity contribution in [2.45, 2.75) is 19.5 Å². The van der Waals surface area contributed by atoms with Crippen molar-refractivity contribution in [3.8, 4) is 11.5 Å². The number of likely N-dealkylation sites (tertiary alicyclic amines) is 1. The van der Waals surface area contributed by atoms with Crippen LogP contribution in [-0.4, -0.2) is 42.5 Å². The number of carbonyl (C=O) groups excluding carboxylic acids is 2. The molecule has 3 rings (SSSR count). The van der Waals surface area contributed by atoms with Crippen LogP contribution in [0.3, 0.4) is 0 Å². The maximum Gasteiger partial charge on any atom is 0.225 e. The summed E-state index contributed by atoms with van der Waals surface area (Å²) in [6.45, 7) is 1.30. The largest absolute Gasteiger partial charge is 0.493 e. The number of nitrogens with zero attached hydrogens (tertiary/aromatic N) is 2. The first kappa shape index (κ1) is 18.7. The first-order valence-electron chi connectivity index (χ1n) is 8.76. The highest BCUT2D eigenvalue weighted by atomic mass is 16.5. The highest BCUT2D eigenvalue weighted by Gasteiger charge is 2.34. The number of carbonyl (C=O) groups is 2. The van der Waals surface area contributed by atoms with Crippen LogP contribution in [0, 0.1) is 5.92 Å². The number of pyridine rings is 1. The van der Waals surface area contributed by atoms with E-state index in [-0.39, 0.29) is 24.2 Å². The zero-order valence-electron chi connectivity index (χ0n) is 15.5. The van der Waals surface area contributed by atoms with E-state index in [2.05, 4.69) is 10.3 Å². The topological polar surface area (TPSA) is 80.8 Å². The molecule has 0 aliphatic carbocycles. The lowest BCUT2D eigenvalue weighted by atomic mass is 10.1. The average molecular weight is 369 g/mol. The van der Waals surface area contributed by atoms with Crippen molar-refractivity contribution in [2.75, 3.05) is 20.8 Å². The van der Waals surface area contributed by atoms with Gasteiger partial charge in [-0.3, -0.25) is 14.6 Å². The van der Waals surface area contributed by atoms with Gasteiger partial charge in [-0.1, -0.05) is 6.07 Å². The first-order valence-corrected chi connectivity index (χ1v) is 8.76. The van der Waals surface area contributed by atoms with Crippen LogP contribution in [0.15, 0.2) is 42.7 Å². The van der Waals surface area contributed by atoms with Crippen LogP contribution in [0.5, 0.6) is 11.5 Å². The lowest BCUT2D eigenvalue weighted by Crippen LogP contribution is -2.32. The Morgan fingerprint density at radius 2 is 1.89 bits per heavy atom. The van der Waals surface area contributed by atoms with Gasteiger partial charge in [0.05, 0.1) is 20.1 Å². The molecule has 1 aromatic heterocycles. The summed E-state index contributed by atoms with van der Waals surface area (Å²) >= 11 is 0. The Morgan fingerprint density at radius 3 is 2.59 bits per heavy atom. The quantitative estimate of drug-likeness (QED) is 0.804. The van der Waals surface area contributed by atoms with Gasteiger partial charge >= 0.3 is 0 Å². The fraction of sp³-hybridized carbons (Fsp3) is 0.350. The van der Waals surface area contributed by atoms with Gasteiger partial charge in [-0.05, 0) is 35.4 Å².